The maximum Gasteiger partial charge on any atom is 0.225 e. The molecular formula is C27H22FNO3. The lowest BCUT2D eigenvalue weighted by molar-refractivity contribution is -0.116. The largest absolute Gasteiger partial charge is 0.493 e. The summed E-state index contributed by atoms with van der Waals surface area (Å²) in [6, 6.07) is 24.4. The number of nitrogens with one attached hydrogen (secondary N) is 1. The Bertz CT molecular complexity index is 1320. The molecule has 1 amide bonds. The molecule has 4 nitrogen and oxygen atoms in total. The first-order valence-electron chi connectivity index (χ1n) is 10.5. The average Bonchev–Trinajstić information content (AvgIpc) is 2.82. The lowest BCUT2D eigenvalue weighted by Crippen LogP contribution is -2.23. The van der Waals surface area contributed by atoms with Gasteiger partial charge in [-0.3, -0.25) is 4.79 Å². The van der Waals surface area contributed by atoms with Gasteiger partial charge in [0.25, 0.3) is 0 Å². The van der Waals surface area contributed by atoms with Gasteiger partial charge in [0.05, 0.1) is 7.11 Å². The first-order chi connectivity index (χ1) is 15.6. The highest BCUT2D eigenvalue weighted by atomic mass is 19.1. The number of carbonyl (C=O) groups is 1. The third-order valence-corrected chi connectivity index (χ3v) is 5.91. The number of hydrogen-bond donors (Lipinski definition) is 1. The van der Waals surface area contributed by atoms with E-state index in [0.717, 1.165) is 27.6 Å². The predicted octanol–water partition coefficient (Wildman–Crippen LogP) is 6.04. The summed E-state index contributed by atoms with van der Waals surface area (Å²) < 4.78 is 25.4. The molecule has 4 aromatic rings. The van der Waals surface area contributed by atoms with E-state index in [0.29, 0.717) is 23.5 Å². The SMILES string of the molecule is COc1cc(C2CC(=O)Nc3ccc4ccccc4c32)ccc1OCc1ccccc1F. The summed E-state index contributed by atoms with van der Waals surface area (Å²) in [4.78, 5) is 12.5. The second kappa shape index (κ2) is 8.35. The highest BCUT2D eigenvalue weighted by molar-refractivity contribution is 6.01. The van der Waals surface area contributed by atoms with Gasteiger partial charge >= 0.3 is 0 Å². The molecule has 5 heteroatoms. The first kappa shape index (κ1) is 20.1. The Kier molecular flexibility index (Phi) is 5.23. The van der Waals surface area contributed by atoms with E-state index >= 15 is 0 Å². The molecule has 5 rings (SSSR count). The number of carbonyl (C=O) groups excluding carboxylic acids is 1. The van der Waals surface area contributed by atoms with Crippen molar-refractivity contribution in [2.24, 2.45) is 0 Å². The zero-order valence-electron chi connectivity index (χ0n) is 17.6. The Labute approximate surface area is 185 Å². The van der Waals surface area contributed by atoms with E-state index in [1.807, 2.05) is 42.5 Å². The van der Waals surface area contributed by atoms with E-state index in [-0.39, 0.29) is 24.2 Å². The van der Waals surface area contributed by atoms with Gasteiger partial charge in [-0.2, -0.15) is 0 Å². The molecule has 1 atom stereocenters. The smallest absolute Gasteiger partial charge is 0.225 e. The number of anilines is 1. The van der Waals surface area contributed by atoms with Crippen molar-refractivity contribution in [3.05, 3.63) is 101 Å². The van der Waals surface area contributed by atoms with Crippen molar-refractivity contribution in [1.29, 1.82) is 0 Å². The summed E-state index contributed by atoms with van der Waals surface area (Å²) in [5, 5.41) is 5.25. The van der Waals surface area contributed by atoms with Gasteiger partial charge in [-0.25, -0.2) is 4.39 Å². The molecule has 0 fully saturated rings. The van der Waals surface area contributed by atoms with Crippen LogP contribution in [0.2, 0.25) is 0 Å². The van der Waals surface area contributed by atoms with Crippen molar-refractivity contribution in [2.75, 3.05) is 12.4 Å². The molecule has 1 N–H and O–H groups in total. The minimum absolute atomic E-state index is 0.0170. The molecule has 1 aliphatic rings. The van der Waals surface area contributed by atoms with E-state index in [1.54, 1.807) is 25.3 Å². The molecule has 1 aliphatic heterocycles. The van der Waals surface area contributed by atoms with Crippen molar-refractivity contribution in [2.45, 2.75) is 18.9 Å². The van der Waals surface area contributed by atoms with Crippen LogP contribution in [0.15, 0.2) is 78.9 Å². The van der Waals surface area contributed by atoms with Crippen LogP contribution in [0.3, 0.4) is 0 Å². The molecule has 0 aliphatic carbocycles. The van der Waals surface area contributed by atoms with E-state index in [4.69, 9.17) is 9.47 Å². The fourth-order valence-electron chi connectivity index (χ4n) is 4.34. The number of benzene rings is 4. The molecule has 0 saturated carbocycles. The number of rotatable bonds is 5. The number of methoxy groups -OCH3 is 1. The standard InChI is InChI=1S/C27H22FNO3/c1-31-25-14-18(11-13-24(25)32-16-19-7-3-5-9-22(19)28)21-15-26(30)29-23-12-10-17-6-2-4-8-20(17)27(21)23/h2-14,21H,15-16H2,1H3,(H,29,30). The second-order valence-electron chi connectivity index (χ2n) is 7.84. The van der Waals surface area contributed by atoms with Gasteiger partial charge < -0.3 is 14.8 Å². The fraction of sp³-hybridized carbons (Fsp3) is 0.148. The predicted molar refractivity (Wildman–Crippen MR) is 123 cm³/mol. The summed E-state index contributed by atoms with van der Waals surface area (Å²) in [7, 11) is 1.58. The summed E-state index contributed by atoms with van der Waals surface area (Å²) in [6.07, 6.45) is 0.347. The van der Waals surface area contributed by atoms with E-state index in [2.05, 4.69) is 17.4 Å². The van der Waals surface area contributed by atoms with E-state index in [1.165, 1.54) is 6.07 Å². The first-order valence-corrected chi connectivity index (χ1v) is 10.5. The Hall–Kier alpha value is -3.86. The van der Waals surface area contributed by atoms with Crippen molar-refractivity contribution >= 4 is 22.4 Å². The van der Waals surface area contributed by atoms with Crippen LogP contribution >= 0.6 is 0 Å². The number of hydrogen-bond acceptors (Lipinski definition) is 3. The molecule has 0 bridgehead atoms. The molecule has 1 heterocycles. The fourth-order valence-corrected chi connectivity index (χ4v) is 4.34. The van der Waals surface area contributed by atoms with Crippen molar-refractivity contribution in [3.8, 4) is 11.5 Å². The minimum atomic E-state index is -0.306. The van der Waals surface area contributed by atoms with Gasteiger partial charge in [-0.15, -0.1) is 0 Å². The van der Waals surface area contributed by atoms with Crippen LogP contribution in [0, 0.1) is 5.82 Å². The van der Waals surface area contributed by atoms with Crippen LogP contribution < -0.4 is 14.8 Å². The van der Waals surface area contributed by atoms with E-state index < -0.39 is 0 Å². The molecule has 160 valence electrons. The summed E-state index contributed by atoms with van der Waals surface area (Å²) in [5.74, 6) is 0.639. The third-order valence-electron chi connectivity index (χ3n) is 5.91. The molecule has 32 heavy (non-hydrogen) atoms. The minimum Gasteiger partial charge on any atom is -0.493 e. The maximum atomic E-state index is 13.9. The maximum absolute atomic E-state index is 13.9. The number of fused-ring (bicyclic) bond motifs is 3. The average molecular weight is 427 g/mol. The van der Waals surface area contributed by atoms with Gasteiger partial charge in [-0.1, -0.05) is 54.6 Å². The van der Waals surface area contributed by atoms with Gasteiger partial charge in [0.15, 0.2) is 11.5 Å². The Balaban J connectivity index is 1.51. The summed E-state index contributed by atoms with van der Waals surface area (Å²) in [5.41, 5.74) is 3.38. The Morgan fingerprint density at radius 2 is 1.78 bits per heavy atom. The van der Waals surface area contributed by atoms with Crippen molar-refractivity contribution in [3.63, 3.8) is 0 Å². The molecular weight excluding hydrogens is 405 g/mol. The summed E-state index contributed by atoms with van der Waals surface area (Å²) >= 11 is 0. The lowest BCUT2D eigenvalue weighted by Gasteiger charge is -2.28. The Morgan fingerprint density at radius 3 is 2.62 bits per heavy atom. The molecule has 0 aromatic heterocycles. The zero-order chi connectivity index (χ0) is 22.1. The zero-order valence-corrected chi connectivity index (χ0v) is 17.6. The highest BCUT2D eigenvalue weighted by Crippen LogP contribution is 2.43. The van der Waals surface area contributed by atoms with Crippen LogP contribution in [-0.4, -0.2) is 13.0 Å². The van der Waals surface area contributed by atoms with Crippen LogP contribution in [0.1, 0.15) is 29.0 Å². The van der Waals surface area contributed by atoms with Crippen molar-refractivity contribution < 1.29 is 18.7 Å². The summed E-state index contributed by atoms with van der Waals surface area (Å²) in [6.45, 7) is 0.0989. The van der Waals surface area contributed by atoms with Gasteiger partial charge in [0.1, 0.15) is 12.4 Å². The monoisotopic (exact) mass is 427 g/mol. The molecule has 0 spiro atoms. The van der Waals surface area contributed by atoms with Crippen LogP contribution in [0.25, 0.3) is 10.8 Å². The second-order valence-corrected chi connectivity index (χ2v) is 7.84. The molecule has 0 saturated heterocycles. The quantitative estimate of drug-likeness (QED) is 0.422. The van der Waals surface area contributed by atoms with Crippen molar-refractivity contribution in [1.82, 2.24) is 0 Å². The Morgan fingerprint density at radius 1 is 0.969 bits per heavy atom. The van der Waals surface area contributed by atoms with E-state index in [9.17, 15) is 9.18 Å². The highest BCUT2D eigenvalue weighted by Gasteiger charge is 2.29. The lowest BCUT2D eigenvalue weighted by atomic mass is 9.82. The molecule has 1 unspecified atom stereocenters. The number of halogens is 1. The normalized spacial score (nSPS) is 15.2. The van der Waals surface area contributed by atoms with Gasteiger partial charge in [0.2, 0.25) is 5.91 Å². The number of amides is 1. The van der Waals surface area contributed by atoms with Crippen LogP contribution in [0.5, 0.6) is 11.5 Å². The van der Waals surface area contributed by atoms with Gasteiger partial charge in [0, 0.05) is 23.6 Å². The molecule has 0 radical (unpaired) electrons. The molecule has 4 aromatic carbocycles. The number of ether oxygens (including phenoxy) is 2. The van der Waals surface area contributed by atoms with Crippen LogP contribution in [0.4, 0.5) is 10.1 Å². The van der Waals surface area contributed by atoms with Gasteiger partial charge in [-0.05, 0) is 46.2 Å². The third kappa shape index (κ3) is 3.66. The van der Waals surface area contributed by atoms with Crippen LogP contribution in [-0.2, 0) is 11.4 Å². The topological polar surface area (TPSA) is 47.6 Å².